The molecule has 0 saturated carbocycles. The van der Waals surface area contributed by atoms with Gasteiger partial charge in [0.25, 0.3) is 0 Å². The number of rotatable bonds is 5. The Hall–Kier alpha value is -1.27. The van der Waals surface area contributed by atoms with Gasteiger partial charge in [-0.1, -0.05) is 94.8 Å². The van der Waals surface area contributed by atoms with E-state index in [1.165, 1.54) is 49.7 Å². The quantitative estimate of drug-likeness (QED) is 0.221. The Morgan fingerprint density at radius 3 is 1.91 bits per heavy atom. The molecule has 0 radical (unpaired) electrons. The van der Waals surface area contributed by atoms with Gasteiger partial charge in [-0.25, -0.2) is 0 Å². The van der Waals surface area contributed by atoms with Crippen molar-refractivity contribution in [2.45, 2.75) is 52.9 Å². The molecule has 4 aromatic carbocycles. The molecule has 0 aliphatic rings. The van der Waals surface area contributed by atoms with Gasteiger partial charge in [-0.3, -0.25) is 0 Å². The van der Waals surface area contributed by atoms with E-state index < -0.39 is 20.8 Å². The average Bonchev–Trinajstić information content (AvgIpc) is 3.22. The molecule has 0 aromatic heterocycles. The predicted molar refractivity (Wildman–Crippen MR) is 140 cm³/mol. The second kappa shape index (κ2) is 11.7. The molecule has 0 amide bonds. The van der Waals surface area contributed by atoms with Gasteiger partial charge in [0.1, 0.15) is 0 Å². The molecular formula is C29H31Cl2Zr-. The second-order valence-electron chi connectivity index (χ2n) is 8.84. The fraction of sp³-hybridized carbons (Fsp3) is 0.276. The maximum absolute atomic E-state index is 4.93. The maximum atomic E-state index is 4.93. The molecule has 0 heterocycles. The van der Waals surface area contributed by atoms with E-state index in [1.54, 1.807) is 0 Å². The van der Waals surface area contributed by atoms with E-state index in [1.807, 2.05) is 0 Å². The van der Waals surface area contributed by atoms with Gasteiger partial charge in [0.2, 0.25) is 0 Å². The van der Waals surface area contributed by atoms with E-state index in [0.717, 1.165) is 6.42 Å². The molecule has 0 aliphatic heterocycles. The summed E-state index contributed by atoms with van der Waals surface area (Å²) in [7, 11) is 9.87. The van der Waals surface area contributed by atoms with Gasteiger partial charge in [-0.15, -0.1) is 28.5 Å². The van der Waals surface area contributed by atoms with Crippen LogP contribution in [0.1, 0.15) is 63.1 Å². The molecular weight excluding hydrogens is 510 g/mol. The van der Waals surface area contributed by atoms with Crippen molar-refractivity contribution >= 4 is 27.8 Å². The first-order chi connectivity index (χ1) is 15.4. The third kappa shape index (κ3) is 5.80. The van der Waals surface area contributed by atoms with Crippen LogP contribution in [0.25, 0.3) is 33.0 Å². The minimum absolute atomic E-state index is 0.512. The van der Waals surface area contributed by atoms with Crippen molar-refractivity contribution in [3.63, 3.8) is 0 Å². The number of benzene rings is 3. The molecule has 0 fully saturated rings. The van der Waals surface area contributed by atoms with Gasteiger partial charge in [0, 0.05) is 0 Å². The third-order valence-electron chi connectivity index (χ3n) is 6.04. The summed E-state index contributed by atoms with van der Waals surface area (Å²) in [5, 5.41) is 2.72. The zero-order chi connectivity index (χ0) is 23.3. The van der Waals surface area contributed by atoms with Crippen LogP contribution in [0.2, 0.25) is 0 Å². The third-order valence-corrected chi connectivity index (χ3v) is 6.04. The van der Waals surface area contributed by atoms with Gasteiger partial charge >= 0.3 is 37.9 Å². The summed E-state index contributed by atoms with van der Waals surface area (Å²) < 4.78 is 0. The van der Waals surface area contributed by atoms with Gasteiger partial charge in [-0.2, -0.15) is 6.07 Å². The van der Waals surface area contributed by atoms with Gasteiger partial charge in [-0.05, 0) is 46.1 Å². The van der Waals surface area contributed by atoms with Crippen LogP contribution < -0.4 is 0 Å². The standard InChI is InChI=1S/C29H31.2ClH.Zr/c1-6-21-14-23-12-13-27(22-10-8-7-9-11-22)29(28(23)15-21)26-17-24(19(2)3)16-25(18-26)20(4)5;;;/h7-20H,6H2,1-5H3;2*1H;/q-1;;;+2/p-2. The van der Waals surface area contributed by atoms with E-state index in [-0.39, 0.29) is 0 Å². The summed E-state index contributed by atoms with van der Waals surface area (Å²) in [5.74, 6) is 1.02. The second-order valence-corrected chi connectivity index (χ2v) is 12.6. The van der Waals surface area contributed by atoms with Crippen LogP contribution in [-0.2, 0) is 27.3 Å². The summed E-state index contributed by atoms with van der Waals surface area (Å²) in [6.07, 6.45) is 1.07. The molecule has 0 unspecified atom stereocenters. The Labute approximate surface area is 212 Å². The topological polar surface area (TPSA) is 0 Å². The van der Waals surface area contributed by atoms with Crippen LogP contribution in [0, 0.1) is 0 Å². The van der Waals surface area contributed by atoms with Crippen molar-refractivity contribution in [2.24, 2.45) is 0 Å². The Bertz CT molecular complexity index is 1130. The molecule has 0 saturated heterocycles. The number of aryl methyl sites for hydroxylation is 1. The number of hydrogen-bond acceptors (Lipinski definition) is 0. The summed E-state index contributed by atoms with van der Waals surface area (Å²) in [6, 6.07) is 27.4. The SMILES string of the molecule is CCc1cc2c(-c3cc(C(C)C)cc(C(C)C)c3)c(-c3ccccc3)ccc2[cH-]1.[Cl][Zr][Cl]. The van der Waals surface area contributed by atoms with Crippen LogP contribution in [-0.4, -0.2) is 0 Å². The number of fused-ring (bicyclic) bond motifs is 1. The van der Waals surface area contributed by atoms with Crippen LogP contribution in [0.4, 0.5) is 0 Å². The molecule has 4 aromatic rings. The molecule has 0 aliphatic carbocycles. The fourth-order valence-electron chi connectivity index (χ4n) is 4.20. The van der Waals surface area contributed by atoms with E-state index in [4.69, 9.17) is 17.0 Å². The van der Waals surface area contributed by atoms with Gasteiger partial charge < -0.3 is 0 Å². The van der Waals surface area contributed by atoms with E-state index in [2.05, 4.69) is 107 Å². The number of hydrogen-bond donors (Lipinski definition) is 0. The number of halogens is 2. The first-order valence-electron chi connectivity index (χ1n) is 11.3. The Kier molecular flexibility index (Phi) is 9.30. The Balaban J connectivity index is 0.000000913. The molecule has 0 atom stereocenters. The Morgan fingerprint density at radius 1 is 0.781 bits per heavy atom. The van der Waals surface area contributed by atoms with Crippen molar-refractivity contribution in [3.05, 3.63) is 89.5 Å². The van der Waals surface area contributed by atoms with Crippen molar-refractivity contribution < 1.29 is 20.8 Å². The van der Waals surface area contributed by atoms with Gasteiger partial charge in [0.15, 0.2) is 0 Å². The van der Waals surface area contributed by atoms with Crippen LogP contribution in [0.15, 0.2) is 72.8 Å². The summed E-state index contributed by atoms with van der Waals surface area (Å²) in [5.41, 5.74) is 9.58. The average molecular weight is 542 g/mol. The molecule has 4 rings (SSSR count). The molecule has 0 bridgehead atoms. The van der Waals surface area contributed by atoms with Crippen LogP contribution in [0.5, 0.6) is 0 Å². The zero-order valence-corrected chi connectivity index (χ0v) is 23.5. The van der Waals surface area contributed by atoms with E-state index >= 15 is 0 Å². The van der Waals surface area contributed by atoms with Crippen molar-refractivity contribution in [1.29, 1.82) is 0 Å². The minimum atomic E-state index is -0.826. The molecule has 3 heteroatoms. The zero-order valence-electron chi connectivity index (χ0n) is 19.5. The molecule has 0 spiro atoms. The normalized spacial score (nSPS) is 11.0. The molecule has 166 valence electrons. The first-order valence-corrected chi connectivity index (χ1v) is 17.6. The van der Waals surface area contributed by atoms with Crippen LogP contribution >= 0.6 is 17.0 Å². The molecule has 0 N–H and O–H groups in total. The first kappa shape index (κ1) is 25.4. The summed E-state index contributed by atoms with van der Waals surface area (Å²) in [6.45, 7) is 11.4. The predicted octanol–water partition coefficient (Wildman–Crippen LogP) is 10.1. The van der Waals surface area contributed by atoms with Gasteiger partial charge in [0.05, 0.1) is 0 Å². The molecule has 0 nitrogen and oxygen atoms in total. The Morgan fingerprint density at radius 2 is 1.38 bits per heavy atom. The van der Waals surface area contributed by atoms with Crippen molar-refractivity contribution in [1.82, 2.24) is 0 Å². The van der Waals surface area contributed by atoms with Crippen LogP contribution in [0.3, 0.4) is 0 Å². The summed E-state index contributed by atoms with van der Waals surface area (Å²) >= 11 is -0.826. The van der Waals surface area contributed by atoms with Crippen molar-refractivity contribution in [2.75, 3.05) is 0 Å². The molecule has 32 heavy (non-hydrogen) atoms. The fourth-order valence-corrected chi connectivity index (χ4v) is 4.20. The monoisotopic (exact) mass is 539 g/mol. The van der Waals surface area contributed by atoms with E-state index in [9.17, 15) is 0 Å². The van der Waals surface area contributed by atoms with Crippen molar-refractivity contribution in [3.8, 4) is 22.3 Å². The summed E-state index contributed by atoms with van der Waals surface area (Å²) in [4.78, 5) is 0. The van der Waals surface area contributed by atoms with E-state index in [0.29, 0.717) is 11.8 Å².